The number of aldehydes is 1. The third-order valence-corrected chi connectivity index (χ3v) is 7.19. The van der Waals surface area contributed by atoms with Gasteiger partial charge in [-0.1, -0.05) is 71.2 Å². The fraction of sp³-hybridized carbons (Fsp3) is 0.543. The molecule has 2 atom stereocenters. The second-order valence-corrected chi connectivity index (χ2v) is 10.9. The highest BCUT2D eigenvalue weighted by Gasteiger charge is 2.25. The lowest BCUT2D eigenvalue weighted by molar-refractivity contribution is -0.106. The van der Waals surface area contributed by atoms with Gasteiger partial charge in [-0.15, -0.1) is 11.6 Å². The summed E-state index contributed by atoms with van der Waals surface area (Å²) >= 11 is 5.22. The zero-order valence-electron chi connectivity index (χ0n) is 28.2. The zero-order valence-corrected chi connectivity index (χ0v) is 28.9. The molecule has 1 aliphatic heterocycles. The lowest BCUT2D eigenvalue weighted by Gasteiger charge is -2.18. The zero-order chi connectivity index (χ0) is 32.8. The van der Waals surface area contributed by atoms with Crippen molar-refractivity contribution in [2.45, 2.75) is 107 Å². The van der Waals surface area contributed by atoms with Crippen LogP contribution in [0.4, 0.5) is 10.2 Å². The monoisotopic (exact) mass is 615 g/mol. The van der Waals surface area contributed by atoms with Crippen molar-refractivity contribution in [3.8, 4) is 11.4 Å². The highest BCUT2D eigenvalue weighted by molar-refractivity contribution is 6.18. The average molecular weight is 616 g/mol. The quantitative estimate of drug-likeness (QED) is 0.211. The van der Waals surface area contributed by atoms with Gasteiger partial charge in [-0.3, -0.25) is 5.10 Å². The Balaban J connectivity index is 0.000000921. The predicted molar refractivity (Wildman–Crippen MR) is 184 cm³/mol. The van der Waals surface area contributed by atoms with Crippen LogP contribution in [0.1, 0.15) is 111 Å². The summed E-state index contributed by atoms with van der Waals surface area (Å²) in [6, 6.07) is 8.44. The Labute approximate surface area is 265 Å². The van der Waals surface area contributed by atoms with Gasteiger partial charge in [0.05, 0.1) is 12.1 Å². The number of allylic oxidation sites excluding steroid dienone is 1. The van der Waals surface area contributed by atoms with Crippen molar-refractivity contribution in [3.05, 3.63) is 65.1 Å². The lowest BCUT2D eigenvalue weighted by atomic mass is 10.0. The molecule has 4 rings (SSSR count). The first-order valence-electron chi connectivity index (χ1n) is 15.5. The molecule has 43 heavy (non-hydrogen) atoms. The first kappa shape index (κ1) is 39.9. The third kappa shape index (κ3) is 15.3. The maximum absolute atomic E-state index is 12.4. The number of anilines is 1. The van der Waals surface area contributed by atoms with Crippen molar-refractivity contribution in [2.75, 3.05) is 23.9 Å². The van der Waals surface area contributed by atoms with Crippen LogP contribution in [0.5, 0.6) is 0 Å². The maximum Gasteiger partial charge on any atom is 0.161 e. The largest absolute Gasteiger partial charge is 0.356 e. The molecule has 1 aromatic carbocycles. The number of carbonyl (C=O) groups is 1. The molecule has 240 valence electrons. The molecule has 2 unspecified atom stereocenters. The molecule has 1 saturated heterocycles. The minimum Gasteiger partial charge on any atom is -0.356 e. The van der Waals surface area contributed by atoms with E-state index in [1.54, 1.807) is 6.92 Å². The van der Waals surface area contributed by atoms with Gasteiger partial charge >= 0.3 is 0 Å². The van der Waals surface area contributed by atoms with Gasteiger partial charge < -0.3 is 9.69 Å². The van der Waals surface area contributed by atoms with E-state index in [9.17, 15) is 4.39 Å². The van der Waals surface area contributed by atoms with Crippen LogP contribution in [0.25, 0.3) is 17.5 Å². The van der Waals surface area contributed by atoms with Crippen LogP contribution in [0.2, 0.25) is 0 Å². The van der Waals surface area contributed by atoms with Crippen LogP contribution in [0.3, 0.4) is 0 Å². The van der Waals surface area contributed by atoms with Crippen LogP contribution >= 0.6 is 11.6 Å². The van der Waals surface area contributed by atoms with Gasteiger partial charge in [0, 0.05) is 37.0 Å². The SMILES string of the molecule is CC.CC(C)=Cc1ccc(-c2nccc(N3CCC(c4cn[nH]c4)C3)n2)cc1C.CC=O.CCC(C)(F)CCl.CCCC. The summed E-state index contributed by atoms with van der Waals surface area (Å²) in [4.78, 5) is 20.5. The summed E-state index contributed by atoms with van der Waals surface area (Å²) in [5.41, 5.74) is 4.97. The van der Waals surface area contributed by atoms with Crippen LogP contribution in [0.15, 0.2) is 48.4 Å². The number of nitrogens with zero attached hydrogens (tertiary/aromatic N) is 4. The Morgan fingerprint density at radius 3 is 2.30 bits per heavy atom. The Morgan fingerprint density at radius 1 is 1.19 bits per heavy atom. The van der Waals surface area contributed by atoms with Crippen molar-refractivity contribution in [1.82, 2.24) is 20.2 Å². The molecule has 0 radical (unpaired) electrons. The molecule has 0 bridgehead atoms. The maximum atomic E-state index is 12.4. The molecule has 0 spiro atoms. The lowest BCUT2D eigenvalue weighted by Crippen LogP contribution is -2.20. The number of aromatic nitrogens is 4. The van der Waals surface area contributed by atoms with Gasteiger partial charge in [0.25, 0.3) is 0 Å². The molecule has 0 aliphatic carbocycles. The van der Waals surface area contributed by atoms with Crippen molar-refractivity contribution < 1.29 is 9.18 Å². The Kier molecular flexibility index (Phi) is 20.9. The molecule has 8 heteroatoms. The normalized spacial score (nSPS) is 14.6. The van der Waals surface area contributed by atoms with Gasteiger partial charge in [-0.25, -0.2) is 14.4 Å². The Bertz CT molecular complexity index is 1170. The van der Waals surface area contributed by atoms with Gasteiger partial charge in [0.2, 0.25) is 0 Å². The van der Waals surface area contributed by atoms with E-state index in [1.165, 1.54) is 49.0 Å². The van der Waals surface area contributed by atoms with E-state index in [-0.39, 0.29) is 5.88 Å². The van der Waals surface area contributed by atoms with E-state index in [4.69, 9.17) is 21.4 Å². The molecule has 1 N–H and O–H groups in total. The van der Waals surface area contributed by atoms with Crippen molar-refractivity contribution in [3.63, 3.8) is 0 Å². The van der Waals surface area contributed by atoms with Gasteiger partial charge in [0.15, 0.2) is 5.82 Å². The summed E-state index contributed by atoms with van der Waals surface area (Å²) in [7, 11) is 0. The minimum absolute atomic E-state index is 0.101. The Morgan fingerprint density at radius 2 is 1.84 bits per heavy atom. The molecular weight excluding hydrogens is 561 g/mol. The summed E-state index contributed by atoms with van der Waals surface area (Å²) in [6.07, 6.45) is 13.0. The first-order valence-corrected chi connectivity index (χ1v) is 16.1. The standard InChI is InChI=1S/C22H25N5.C5H10ClF.C4H10.C2H4O.C2H6/c1-15(2)10-17-4-5-18(11-16(17)3)22-23-8-6-21(26-22)27-9-7-19(14-27)20-12-24-25-13-20;1-3-5(2,7)4-6;1-3-4-2;1-2-3;1-2/h4-6,8,10-13,19H,7,9,14H2,1-3H3,(H,24,25);3-4H2,1-2H3;3-4H2,1-2H3;2H,1H3;1-2H3. The number of halogens is 2. The molecule has 3 aromatic rings. The van der Waals surface area contributed by atoms with Gasteiger partial charge in [-0.2, -0.15) is 5.10 Å². The highest BCUT2D eigenvalue weighted by Crippen LogP contribution is 2.30. The highest BCUT2D eigenvalue weighted by atomic mass is 35.5. The topological polar surface area (TPSA) is 74.8 Å². The molecule has 1 aliphatic rings. The fourth-order valence-corrected chi connectivity index (χ4v) is 3.96. The molecule has 0 saturated carbocycles. The summed E-state index contributed by atoms with van der Waals surface area (Å²) < 4.78 is 12.4. The molecule has 1 fully saturated rings. The minimum atomic E-state index is -1.15. The number of rotatable bonds is 7. The summed E-state index contributed by atoms with van der Waals surface area (Å²) in [5.74, 6) is 2.39. The van der Waals surface area contributed by atoms with E-state index in [0.29, 0.717) is 12.3 Å². The van der Waals surface area contributed by atoms with E-state index >= 15 is 0 Å². The average Bonchev–Trinajstić information content (AvgIpc) is 3.73. The number of hydrogen-bond acceptors (Lipinski definition) is 5. The van der Waals surface area contributed by atoms with Crippen LogP contribution in [0, 0.1) is 6.92 Å². The second kappa shape index (κ2) is 22.5. The number of benzene rings is 1. The Hall–Kier alpha value is -3.06. The van der Waals surface area contributed by atoms with E-state index in [1.807, 2.05) is 38.5 Å². The number of H-pyrrole nitrogens is 1. The smallest absolute Gasteiger partial charge is 0.161 e. The number of nitrogens with one attached hydrogen (secondary N) is 1. The third-order valence-electron chi connectivity index (χ3n) is 6.63. The number of unbranched alkanes of at least 4 members (excludes halogenated alkanes) is 1. The van der Waals surface area contributed by atoms with Gasteiger partial charge in [-0.05, 0) is 76.3 Å². The summed E-state index contributed by atoms with van der Waals surface area (Å²) in [5, 5.41) is 6.99. The molecule has 6 nitrogen and oxygen atoms in total. The number of aryl methyl sites for hydroxylation is 1. The fourth-order valence-electron chi connectivity index (χ4n) is 3.77. The number of alkyl halides is 2. The van der Waals surface area contributed by atoms with Crippen LogP contribution in [-0.2, 0) is 4.79 Å². The van der Waals surface area contributed by atoms with Crippen molar-refractivity contribution in [2.24, 2.45) is 0 Å². The number of carbonyl (C=O) groups excluding carboxylic acids is 1. The molecule has 0 amide bonds. The second-order valence-electron chi connectivity index (χ2n) is 10.6. The molecular formula is C35H55ClFN5O. The van der Waals surface area contributed by atoms with E-state index in [0.717, 1.165) is 43.0 Å². The van der Waals surface area contributed by atoms with Crippen molar-refractivity contribution in [1.29, 1.82) is 0 Å². The van der Waals surface area contributed by atoms with Crippen LogP contribution in [-0.4, -0.2) is 51.1 Å². The number of aromatic amines is 1. The number of hydrogen-bond donors (Lipinski definition) is 1. The summed E-state index contributed by atoms with van der Waals surface area (Å²) in [6.45, 7) is 21.4. The molecule has 3 heterocycles. The van der Waals surface area contributed by atoms with Crippen molar-refractivity contribution >= 4 is 29.8 Å². The first-order chi connectivity index (χ1) is 20.5. The predicted octanol–water partition coefficient (Wildman–Crippen LogP) is 9.99. The van der Waals surface area contributed by atoms with Crippen LogP contribution < -0.4 is 4.90 Å². The van der Waals surface area contributed by atoms with Gasteiger partial charge in [0.1, 0.15) is 17.8 Å². The van der Waals surface area contributed by atoms with E-state index in [2.05, 4.69) is 79.0 Å². The molecule has 2 aromatic heterocycles. The van der Waals surface area contributed by atoms with E-state index < -0.39 is 5.67 Å².